The lowest BCUT2D eigenvalue weighted by molar-refractivity contribution is -0.134. The van der Waals surface area contributed by atoms with Crippen LogP contribution in [-0.2, 0) is 21.3 Å². The summed E-state index contributed by atoms with van der Waals surface area (Å²) in [6, 6.07) is 0. The Bertz CT molecular complexity index is 782. The number of Topliss-reactive ketones (excluding diaryl/α,β-unsaturated/α-hetero) is 1. The number of nitrogens with zero attached hydrogens (tertiary/aromatic N) is 2. The van der Waals surface area contributed by atoms with Gasteiger partial charge >= 0.3 is 5.97 Å². The van der Waals surface area contributed by atoms with E-state index >= 15 is 0 Å². The molecule has 1 amide bonds. The van der Waals surface area contributed by atoms with Crippen molar-refractivity contribution in [1.29, 1.82) is 0 Å². The Kier molecular flexibility index (Phi) is 7.27. The van der Waals surface area contributed by atoms with Crippen molar-refractivity contribution in [2.45, 2.75) is 60.0 Å². The first kappa shape index (κ1) is 23.1. The Morgan fingerprint density at radius 1 is 1.24 bits per heavy atom. The Labute approximate surface area is 173 Å². The van der Waals surface area contributed by atoms with Crippen LogP contribution in [0.3, 0.4) is 0 Å². The molecule has 0 N–H and O–H groups in total. The van der Waals surface area contributed by atoms with Gasteiger partial charge in [0.25, 0.3) is 0 Å². The van der Waals surface area contributed by atoms with E-state index in [1.165, 1.54) is 7.11 Å². The van der Waals surface area contributed by atoms with Gasteiger partial charge in [-0.25, -0.2) is 4.79 Å². The minimum absolute atomic E-state index is 0.0267. The predicted molar refractivity (Wildman–Crippen MR) is 110 cm³/mol. The molecule has 0 aromatic carbocycles. The molecule has 0 spiro atoms. The van der Waals surface area contributed by atoms with Crippen LogP contribution >= 0.6 is 0 Å². The number of hydrogen-bond acceptors (Lipinski definition) is 5. The number of esters is 1. The van der Waals surface area contributed by atoms with Crippen molar-refractivity contribution >= 4 is 17.7 Å². The van der Waals surface area contributed by atoms with E-state index in [1.54, 1.807) is 30.4 Å². The fraction of sp³-hybridized carbons (Fsp3) is 0.682. The standard InChI is InChI=1S/C22H34N2O5/c1-14-19(15(2)23(6)20(14)21(27)28-7)17(25)13-24(12-16-9-8-10-29-16)18(26)11-22(3,4)5/h16H,8-13H2,1-7H3. The fourth-order valence-electron chi connectivity index (χ4n) is 3.88. The van der Waals surface area contributed by atoms with Crippen molar-refractivity contribution in [2.24, 2.45) is 12.5 Å². The molecule has 1 aromatic rings. The number of amides is 1. The van der Waals surface area contributed by atoms with Crippen molar-refractivity contribution in [3.8, 4) is 0 Å². The Morgan fingerprint density at radius 2 is 1.90 bits per heavy atom. The van der Waals surface area contributed by atoms with E-state index in [-0.39, 0.29) is 29.8 Å². The van der Waals surface area contributed by atoms with Crippen LogP contribution in [0.1, 0.15) is 72.1 Å². The first-order valence-electron chi connectivity index (χ1n) is 10.1. The largest absolute Gasteiger partial charge is 0.464 e. The fourth-order valence-corrected chi connectivity index (χ4v) is 3.88. The second kappa shape index (κ2) is 9.11. The zero-order valence-corrected chi connectivity index (χ0v) is 18.8. The molecule has 0 saturated carbocycles. The minimum Gasteiger partial charge on any atom is -0.464 e. The summed E-state index contributed by atoms with van der Waals surface area (Å²) in [7, 11) is 3.06. The molecule has 1 saturated heterocycles. The summed E-state index contributed by atoms with van der Waals surface area (Å²) in [6.45, 7) is 10.6. The number of methoxy groups -OCH3 is 1. The molecular weight excluding hydrogens is 372 g/mol. The van der Waals surface area contributed by atoms with Gasteiger partial charge in [-0.3, -0.25) is 9.59 Å². The number of carbonyl (C=O) groups is 3. The molecule has 162 valence electrons. The van der Waals surface area contributed by atoms with E-state index < -0.39 is 5.97 Å². The van der Waals surface area contributed by atoms with Gasteiger partial charge < -0.3 is 18.9 Å². The molecule has 1 aliphatic heterocycles. The smallest absolute Gasteiger partial charge is 0.354 e. The minimum atomic E-state index is -0.479. The molecule has 7 nitrogen and oxygen atoms in total. The highest BCUT2D eigenvalue weighted by Crippen LogP contribution is 2.25. The van der Waals surface area contributed by atoms with E-state index in [2.05, 4.69) is 0 Å². The van der Waals surface area contributed by atoms with Gasteiger partial charge in [-0.1, -0.05) is 20.8 Å². The molecule has 0 radical (unpaired) electrons. The van der Waals surface area contributed by atoms with Gasteiger partial charge in [0, 0.05) is 37.9 Å². The molecule has 1 fully saturated rings. The number of hydrogen-bond donors (Lipinski definition) is 0. The molecule has 2 heterocycles. The van der Waals surface area contributed by atoms with Crippen LogP contribution in [0.2, 0.25) is 0 Å². The maximum atomic E-state index is 13.2. The molecule has 1 aromatic heterocycles. The van der Waals surface area contributed by atoms with Crippen LogP contribution in [0.25, 0.3) is 0 Å². The number of ketones is 1. The third-order valence-electron chi connectivity index (χ3n) is 5.40. The van der Waals surface area contributed by atoms with Crippen LogP contribution in [0.5, 0.6) is 0 Å². The monoisotopic (exact) mass is 406 g/mol. The third-order valence-corrected chi connectivity index (χ3v) is 5.40. The number of ether oxygens (including phenoxy) is 2. The van der Waals surface area contributed by atoms with E-state index in [1.807, 2.05) is 20.8 Å². The highest BCUT2D eigenvalue weighted by Gasteiger charge is 2.30. The summed E-state index contributed by atoms with van der Waals surface area (Å²) in [5.41, 5.74) is 1.94. The molecule has 1 atom stereocenters. The van der Waals surface area contributed by atoms with Crippen molar-refractivity contribution in [3.63, 3.8) is 0 Å². The molecular formula is C22H34N2O5. The van der Waals surface area contributed by atoms with Crippen LogP contribution in [0.15, 0.2) is 0 Å². The van der Waals surface area contributed by atoms with E-state index in [9.17, 15) is 14.4 Å². The molecule has 7 heteroatoms. The Morgan fingerprint density at radius 3 is 2.41 bits per heavy atom. The van der Waals surface area contributed by atoms with Gasteiger partial charge in [0.05, 0.1) is 19.8 Å². The maximum Gasteiger partial charge on any atom is 0.354 e. The number of aromatic nitrogens is 1. The van der Waals surface area contributed by atoms with Gasteiger partial charge in [0.15, 0.2) is 5.78 Å². The van der Waals surface area contributed by atoms with Crippen LogP contribution in [0, 0.1) is 19.3 Å². The van der Waals surface area contributed by atoms with Gasteiger partial charge in [-0.2, -0.15) is 0 Å². The molecule has 1 aliphatic rings. The zero-order valence-electron chi connectivity index (χ0n) is 18.8. The summed E-state index contributed by atoms with van der Waals surface area (Å²) < 4.78 is 12.2. The Hall–Kier alpha value is -2.15. The van der Waals surface area contributed by atoms with Crippen LogP contribution in [0.4, 0.5) is 0 Å². The molecule has 2 rings (SSSR count). The number of carbonyl (C=O) groups excluding carboxylic acids is 3. The first-order valence-corrected chi connectivity index (χ1v) is 10.1. The van der Waals surface area contributed by atoms with Crippen LogP contribution in [-0.4, -0.2) is 60.0 Å². The van der Waals surface area contributed by atoms with Crippen molar-refractivity contribution in [2.75, 3.05) is 26.8 Å². The topological polar surface area (TPSA) is 77.8 Å². The van der Waals surface area contributed by atoms with Gasteiger partial charge in [-0.05, 0) is 37.7 Å². The van der Waals surface area contributed by atoms with Gasteiger partial charge in [0.2, 0.25) is 5.91 Å². The summed E-state index contributed by atoms with van der Waals surface area (Å²) in [6.07, 6.45) is 2.19. The summed E-state index contributed by atoms with van der Waals surface area (Å²) in [4.78, 5) is 39.9. The highest BCUT2D eigenvalue weighted by atomic mass is 16.5. The average Bonchev–Trinajstić information content (AvgIpc) is 3.19. The third kappa shape index (κ3) is 5.47. The van der Waals surface area contributed by atoms with E-state index in [0.29, 0.717) is 42.1 Å². The zero-order chi connectivity index (χ0) is 21.9. The van der Waals surface area contributed by atoms with Crippen molar-refractivity contribution < 1.29 is 23.9 Å². The molecule has 0 bridgehead atoms. The number of rotatable bonds is 7. The van der Waals surface area contributed by atoms with Gasteiger partial charge in [0.1, 0.15) is 5.69 Å². The molecule has 1 unspecified atom stereocenters. The predicted octanol–water partition coefficient (Wildman–Crippen LogP) is 3.06. The first-order chi connectivity index (χ1) is 13.5. The Balaban J connectivity index is 2.29. The summed E-state index contributed by atoms with van der Waals surface area (Å²) in [5, 5.41) is 0. The summed E-state index contributed by atoms with van der Waals surface area (Å²) >= 11 is 0. The van der Waals surface area contributed by atoms with Crippen LogP contribution < -0.4 is 0 Å². The molecule has 29 heavy (non-hydrogen) atoms. The SMILES string of the molecule is COC(=O)c1c(C)c(C(=O)CN(CC2CCCO2)C(=O)CC(C)(C)C)c(C)n1C. The van der Waals surface area contributed by atoms with E-state index in [0.717, 1.165) is 12.8 Å². The summed E-state index contributed by atoms with van der Waals surface area (Å²) in [5.74, 6) is -0.709. The quantitative estimate of drug-likeness (QED) is 0.514. The van der Waals surface area contributed by atoms with Crippen molar-refractivity contribution in [1.82, 2.24) is 9.47 Å². The van der Waals surface area contributed by atoms with Gasteiger partial charge in [-0.15, -0.1) is 0 Å². The lowest BCUT2D eigenvalue weighted by Crippen LogP contribution is -2.42. The lowest BCUT2D eigenvalue weighted by Gasteiger charge is -2.28. The maximum absolute atomic E-state index is 13.2. The second-order valence-corrected chi connectivity index (χ2v) is 9.05. The highest BCUT2D eigenvalue weighted by molar-refractivity contribution is 6.04. The normalized spacial score (nSPS) is 16.7. The molecule has 0 aliphatic carbocycles. The second-order valence-electron chi connectivity index (χ2n) is 9.05. The van der Waals surface area contributed by atoms with E-state index in [4.69, 9.17) is 9.47 Å². The lowest BCUT2D eigenvalue weighted by atomic mass is 9.91. The van der Waals surface area contributed by atoms with Crippen molar-refractivity contribution in [3.05, 3.63) is 22.5 Å². The average molecular weight is 407 g/mol.